The lowest BCUT2D eigenvalue weighted by molar-refractivity contribution is -0.138. The summed E-state index contributed by atoms with van der Waals surface area (Å²) in [4.78, 5) is 12.7. The summed E-state index contributed by atoms with van der Waals surface area (Å²) in [6, 6.07) is 7.78. The Hall–Kier alpha value is -1.06. The fourth-order valence-corrected chi connectivity index (χ4v) is 1.98. The monoisotopic (exact) mass is 255 g/mol. The van der Waals surface area contributed by atoms with Gasteiger partial charge in [0.1, 0.15) is 0 Å². The lowest BCUT2D eigenvalue weighted by atomic mass is 10.1. The van der Waals surface area contributed by atoms with Crippen molar-refractivity contribution in [2.45, 2.75) is 32.4 Å². The molecule has 0 aromatic heterocycles. The fourth-order valence-electron chi connectivity index (χ4n) is 1.78. The number of benzene rings is 1. The van der Waals surface area contributed by atoms with Crippen LogP contribution in [0.25, 0.3) is 0 Å². The van der Waals surface area contributed by atoms with Crippen molar-refractivity contribution in [1.29, 1.82) is 0 Å². The second kappa shape index (κ2) is 6.03. The van der Waals surface area contributed by atoms with Gasteiger partial charge in [-0.2, -0.15) is 0 Å². The van der Waals surface area contributed by atoms with E-state index in [0.29, 0.717) is 5.02 Å². The van der Waals surface area contributed by atoms with Crippen LogP contribution in [0.2, 0.25) is 5.02 Å². The molecule has 0 aliphatic rings. The van der Waals surface area contributed by atoms with Gasteiger partial charge in [0.25, 0.3) is 0 Å². The highest BCUT2D eigenvalue weighted by Crippen LogP contribution is 2.24. The normalized spacial score (nSPS) is 14.6. The maximum atomic E-state index is 10.7. The van der Waals surface area contributed by atoms with Crippen molar-refractivity contribution >= 4 is 17.6 Å². The standard InChI is InChI=1S/C13H18ClNO2/c1-9(7-13(16)17)15(3)10(2)11-5-4-6-12(14)8-11/h4-6,8-10H,7H2,1-3H3,(H,16,17). The molecule has 0 aliphatic heterocycles. The van der Waals surface area contributed by atoms with E-state index in [2.05, 4.69) is 0 Å². The minimum atomic E-state index is -0.775. The van der Waals surface area contributed by atoms with Crippen LogP contribution in [0.4, 0.5) is 0 Å². The zero-order chi connectivity index (χ0) is 13.0. The lowest BCUT2D eigenvalue weighted by Gasteiger charge is -2.30. The van der Waals surface area contributed by atoms with Gasteiger partial charge < -0.3 is 5.11 Å². The molecule has 0 aliphatic carbocycles. The van der Waals surface area contributed by atoms with E-state index in [9.17, 15) is 4.79 Å². The Morgan fingerprint density at radius 2 is 2.12 bits per heavy atom. The number of aliphatic carboxylic acids is 1. The molecule has 94 valence electrons. The molecule has 0 bridgehead atoms. The van der Waals surface area contributed by atoms with E-state index in [4.69, 9.17) is 16.7 Å². The first kappa shape index (κ1) is 14.0. The molecule has 0 fully saturated rings. The number of carboxylic acid groups (broad SMARTS) is 1. The summed E-state index contributed by atoms with van der Waals surface area (Å²) < 4.78 is 0. The zero-order valence-electron chi connectivity index (χ0n) is 10.4. The predicted octanol–water partition coefficient (Wildman–Crippen LogP) is 3.20. The van der Waals surface area contributed by atoms with Gasteiger partial charge in [-0.3, -0.25) is 9.69 Å². The molecule has 1 N–H and O–H groups in total. The van der Waals surface area contributed by atoms with Crippen molar-refractivity contribution in [3.05, 3.63) is 34.9 Å². The highest BCUT2D eigenvalue weighted by Gasteiger charge is 2.19. The third-order valence-electron chi connectivity index (χ3n) is 3.11. The number of carbonyl (C=O) groups is 1. The first-order valence-corrected chi connectivity index (χ1v) is 5.98. The van der Waals surface area contributed by atoms with Crippen LogP contribution < -0.4 is 0 Å². The van der Waals surface area contributed by atoms with Crippen LogP contribution in [0.5, 0.6) is 0 Å². The first-order valence-electron chi connectivity index (χ1n) is 5.61. The van der Waals surface area contributed by atoms with Crippen LogP contribution in [-0.4, -0.2) is 29.1 Å². The molecule has 0 saturated heterocycles. The largest absolute Gasteiger partial charge is 0.481 e. The Bertz CT molecular complexity index is 395. The number of halogens is 1. The third kappa shape index (κ3) is 4.02. The molecule has 0 saturated carbocycles. The summed E-state index contributed by atoms with van der Waals surface area (Å²) in [5.74, 6) is -0.775. The molecular formula is C13H18ClNO2. The van der Waals surface area contributed by atoms with Crippen LogP contribution in [-0.2, 0) is 4.79 Å². The van der Waals surface area contributed by atoms with Crippen LogP contribution in [0.3, 0.4) is 0 Å². The molecule has 0 radical (unpaired) electrons. The Balaban J connectivity index is 2.75. The van der Waals surface area contributed by atoms with E-state index < -0.39 is 5.97 Å². The van der Waals surface area contributed by atoms with Gasteiger partial charge in [-0.05, 0) is 38.6 Å². The van der Waals surface area contributed by atoms with Gasteiger partial charge >= 0.3 is 5.97 Å². The molecule has 0 spiro atoms. The van der Waals surface area contributed by atoms with Gasteiger partial charge in [-0.15, -0.1) is 0 Å². The average molecular weight is 256 g/mol. The number of rotatable bonds is 5. The fraction of sp³-hybridized carbons (Fsp3) is 0.462. The van der Waals surface area contributed by atoms with E-state index in [0.717, 1.165) is 5.56 Å². The Kier molecular flexibility index (Phi) is 4.97. The van der Waals surface area contributed by atoms with Crippen LogP contribution in [0, 0.1) is 0 Å². The predicted molar refractivity (Wildman–Crippen MR) is 69.3 cm³/mol. The topological polar surface area (TPSA) is 40.5 Å². The molecular weight excluding hydrogens is 238 g/mol. The minimum Gasteiger partial charge on any atom is -0.481 e. The molecule has 1 aromatic rings. The SMILES string of the molecule is CC(CC(=O)O)N(C)C(C)c1cccc(Cl)c1. The van der Waals surface area contributed by atoms with Crippen molar-refractivity contribution in [1.82, 2.24) is 4.90 Å². The quantitative estimate of drug-likeness (QED) is 0.878. The van der Waals surface area contributed by atoms with Gasteiger partial charge in [0.05, 0.1) is 6.42 Å². The van der Waals surface area contributed by atoms with E-state index in [1.165, 1.54) is 0 Å². The van der Waals surface area contributed by atoms with Gasteiger partial charge in [-0.25, -0.2) is 0 Å². The average Bonchev–Trinajstić information content (AvgIpc) is 2.26. The number of hydrogen-bond donors (Lipinski definition) is 1. The highest BCUT2D eigenvalue weighted by atomic mass is 35.5. The molecule has 1 rings (SSSR count). The zero-order valence-corrected chi connectivity index (χ0v) is 11.1. The molecule has 4 heteroatoms. The summed E-state index contributed by atoms with van der Waals surface area (Å²) in [5.41, 5.74) is 1.09. The van der Waals surface area contributed by atoms with E-state index in [1.54, 1.807) is 0 Å². The van der Waals surface area contributed by atoms with E-state index >= 15 is 0 Å². The summed E-state index contributed by atoms with van der Waals surface area (Å²) in [5, 5.41) is 9.48. The second-order valence-corrected chi connectivity index (χ2v) is 4.78. The maximum Gasteiger partial charge on any atom is 0.304 e. The van der Waals surface area contributed by atoms with Gasteiger partial charge in [-0.1, -0.05) is 23.7 Å². The van der Waals surface area contributed by atoms with Gasteiger partial charge in [0.15, 0.2) is 0 Å². The van der Waals surface area contributed by atoms with Gasteiger partial charge in [0.2, 0.25) is 0 Å². The third-order valence-corrected chi connectivity index (χ3v) is 3.34. The summed E-state index contributed by atoms with van der Waals surface area (Å²) >= 11 is 5.94. The first-order chi connectivity index (χ1) is 7.91. The summed E-state index contributed by atoms with van der Waals surface area (Å²) in [6.07, 6.45) is 0.140. The summed E-state index contributed by atoms with van der Waals surface area (Å²) in [7, 11) is 1.93. The van der Waals surface area contributed by atoms with Crippen molar-refractivity contribution in [2.24, 2.45) is 0 Å². The smallest absolute Gasteiger partial charge is 0.304 e. The van der Waals surface area contributed by atoms with Crippen LogP contribution in [0.1, 0.15) is 31.9 Å². The Morgan fingerprint density at radius 1 is 1.47 bits per heavy atom. The Morgan fingerprint density at radius 3 is 2.65 bits per heavy atom. The van der Waals surface area contributed by atoms with Crippen molar-refractivity contribution in [3.63, 3.8) is 0 Å². The second-order valence-electron chi connectivity index (χ2n) is 4.34. The molecule has 2 unspecified atom stereocenters. The number of carboxylic acids is 1. The van der Waals surface area contributed by atoms with Crippen molar-refractivity contribution < 1.29 is 9.90 Å². The van der Waals surface area contributed by atoms with E-state index in [1.807, 2.05) is 50.1 Å². The van der Waals surface area contributed by atoms with Gasteiger partial charge in [0, 0.05) is 17.1 Å². The number of hydrogen-bond acceptors (Lipinski definition) is 2. The molecule has 0 amide bonds. The van der Waals surface area contributed by atoms with Crippen molar-refractivity contribution in [3.8, 4) is 0 Å². The lowest BCUT2D eigenvalue weighted by Crippen LogP contribution is -2.33. The molecule has 3 nitrogen and oxygen atoms in total. The van der Waals surface area contributed by atoms with Crippen LogP contribution in [0.15, 0.2) is 24.3 Å². The maximum absolute atomic E-state index is 10.7. The minimum absolute atomic E-state index is 0.0125. The van der Waals surface area contributed by atoms with E-state index in [-0.39, 0.29) is 18.5 Å². The molecule has 17 heavy (non-hydrogen) atoms. The molecule has 1 aromatic carbocycles. The Labute approximate surface area is 107 Å². The van der Waals surface area contributed by atoms with Crippen LogP contribution >= 0.6 is 11.6 Å². The molecule has 2 atom stereocenters. The summed E-state index contributed by atoms with van der Waals surface area (Å²) in [6.45, 7) is 3.96. The van der Waals surface area contributed by atoms with Crippen molar-refractivity contribution in [2.75, 3.05) is 7.05 Å². The molecule has 0 heterocycles. The highest BCUT2D eigenvalue weighted by molar-refractivity contribution is 6.30. The number of nitrogens with zero attached hydrogens (tertiary/aromatic N) is 1.